The molecule has 220 valence electrons. The van der Waals surface area contributed by atoms with Crippen LogP contribution in [0.5, 0.6) is 0 Å². The van der Waals surface area contributed by atoms with Gasteiger partial charge in [0.15, 0.2) is 0 Å². The number of tetrazole rings is 1. The molecule has 1 fully saturated rings. The van der Waals surface area contributed by atoms with Gasteiger partial charge in [0.1, 0.15) is 6.10 Å². The number of hydrogen-bond donors (Lipinski definition) is 2. The van der Waals surface area contributed by atoms with Crippen LogP contribution >= 0.6 is 0 Å². The van der Waals surface area contributed by atoms with Gasteiger partial charge in [-0.25, -0.2) is 14.4 Å². The van der Waals surface area contributed by atoms with Gasteiger partial charge in [0.2, 0.25) is 12.1 Å². The van der Waals surface area contributed by atoms with Crippen molar-refractivity contribution in [1.29, 1.82) is 0 Å². The van der Waals surface area contributed by atoms with Gasteiger partial charge in [0.25, 0.3) is 0 Å². The minimum atomic E-state index is -1.18. The molecule has 6 rings (SSSR count). The van der Waals surface area contributed by atoms with Crippen LogP contribution in [0.25, 0.3) is 33.5 Å². The number of aromatic amines is 2. The Kier molecular flexibility index (Phi) is 7.98. The SMILES string of the molecule is C[C@@H](OC(=O)OC1CCCCC1)OC(=O)c1cccc2[nH]c(=O)n(Cc3ccc(-c4ccccc4-c4nn[nH]n4)cc3)c12. The minimum Gasteiger partial charge on any atom is -0.431 e. The fourth-order valence-electron chi connectivity index (χ4n) is 5.43. The summed E-state index contributed by atoms with van der Waals surface area (Å²) in [5.74, 6) is -0.241. The maximum Gasteiger partial charge on any atom is 0.511 e. The molecule has 43 heavy (non-hydrogen) atoms. The second kappa shape index (κ2) is 12.3. The van der Waals surface area contributed by atoms with Gasteiger partial charge in [0, 0.05) is 12.5 Å². The lowest BCUT2D eigenvalue weighted by Crippen LogP contribution is -2.27. The molecule has 0 bridgehead atoms. The second-order valence-electron chi connectivity index (χ2n) is 10.4. The average molecular weight is 583 g/mol. The molecule has 5 aromatic rings. The average Bonchev–Trinajstić information content (AvgIpc) is 3.66. The number of hydrogen-bond acceptors (Lipinski definition) is 9. The number of carbonyl (C=O) groups is 2. The Morgan fingerprint density at radius 1 is 0.953 bits per heavy atom. The van der Waals surface area contributed by atoms with E-state index < -0.39 is 18.4 Å². The van der Waals surface area contributed by atoms with Gasteiger partial charge in [0.05, 0.1) is 23.1 Å². The van der Waals surface area contributed by atoms with Gasteiger partial charge in [-0.05, 0) is 59.7 Å². The summed E-state index contributed by atoms with van der Waals surface area (Å²) in [5.41, 5.74) is 4.21. The first kappa shape index (κ1) is 27.9. The number of imidazole rings is 1. The van der Waals surface area contributed by atoms with E-state index in [0.717, 1.165) is 54.4 Å². The van der Waals surface area contributed by atoms with E-state index in [2.05, 4.69) is 25.6 Å². The molecule has 0 unspecified atom stereocenters. The molecule has 1 atom stereocenters. The monoisotopic (exact) mass is 582 g/mol. The van der Waals surface area contributed by atoms with Crippen LogP contribution in [0.1, 0.15) is 54.9 Å². The Morgan fingerprint density at radius 2 is 1.72 bits per heavy atom. The fraction of sp³-hybridized carbons (Fsp3) is 0.290. The number of H-pyrrole nitrogens is 2. The van der Waals surface area contributed by atoms with Crippen LogP contribution in [0.4, 0.5) is 4.79 Å². The molecule has 1 aliphatic rings. The van der Waals surface area contributed by atoms with E-state index in [9.17, 15) is 14.4 Å². The van der Waals surface area contributed by atoms with Crippen molar-refractivity contribution in [2.75, 3.05) is 0 Å². The molecule has 0 radical (unpaired) electrons. The second-order valence-corrected chi connectivity index (χ2v) is 10.4. The highest BCUT2D eigenvalue weighted by atomic mass is 16.8. The van der Waals surface area contributed by atoms with E-state index >= 15 is 0 Å². The van der Waals surface area contributed by atoms with Crippen LogP contribution in [-0.2, 0) is 20.8 Å². The molecule has 3 aromatic carbocycles. The lowest BCUT2D eigenvalue weighted by Gasteiger charge is -2.22. The first-order chi connectivity index (χ1) is 21.0. The summed E-state index contributed by atoms with van der Waals surface area (Å²) in [5, 5.41) is 14.3. The summed E-state index contributed by atoms with van der Waals surface area (Å²) in [4.78, 5) is 41.2. The highest BCUT2D eigenvalue weighted by molar-refractivity contribution is 6.02. The van der Waals surface area contributed by atoms with E-state index in [-0.39, 0.29) is 23.9 Å². The van der Waals surface area contributed by atoms with Crippen molar-refractivity contribution in [1.82, 2.24) is 30.2 Å². The standard InChI is InChI=1S/C31H30N6O6/c1-19(42-31(40)43-22-8-3-2-4-9-22)41-29(38)25-12-7-13-26-27(25)37(30(39)32-26)18-20-14-16-21(17-15-20)23-10-5-6-11-24(23)28-33-35-36-34-28/h5-7,10-17,19,22H,2-4,8-9,18H2,1H3,(H,32,39)(H,33,34,35,36)/t19-/m1/s1. The predicted molar refractivity (Wildman–Crippen MR) is 156 cm³/mol. The predicted octanol–water partition coefficient (Wildman–Crippen LogP) is 5.21. The summed E-state index contributed by atoms with van der Waals surface area (Å²) in [6.07, 6.45) is 2.50. The number of fused-ring (bicyclic) bond motifs is 1. The normalized spacial score (nSPS) is 14.3. The zero-order chi connectivity index (χ0) is 29.8. The minimum absolute atomic E-state index is 0.164. The summed E-state index contributed by atoms with van der Waals surface area (Å²) in [7, 11) is 0. The molecule has 2 N–H and O–H groups in total. The van der Waals surface area contributed by atoms with Crippen molar-refractivity contribution in [3.8, 4) is 22.5 Å². The smallest absolute Gasteiger partial charge is 0.431 e. The summed E-state index contributed by atoms with van der Waals surface area (Å²) in [6, 6.07) is 20.4. The van der Waals surface area contributed by atoms with Gasteiger partial charge in [-0.3, -0.25) is 4.57 Å². The van der Waals surface area contributed by atoms with Crippen LogP contribution < -0.4 is 5.69 Å². The molecule has 0 aliphatic heterocycles. The Hall–Kier alpha value is -5.26. The molecule has 1 aliphatic carbocycles. The Bertz CT molecular complexity index is 1790. The molecule has 2 heterocycles. The number of carbonyl (C=O) groups excluding carboxylic acids is 2. The summed E-state index contributed by atoms with van der Waals surface area (Å²) in [6.45, 7) is 1.65. The van der Waals surface area contributed by atoms with Crippen molar-refractivity contribution in [3.05, 3.63) is 88.3 Å². The Balaban J connectivity index is 1.19. The van der Waals surface area contributed by atoms with E-state index in [1.807, 2.05) is 48.5 Å². The van der Waals surface area contributed by atoms with E-state index in [1.165, 1.54) is 11.5 Å². The van der Waals surface area contributed by atoms with Crippen LogP contribution in [0.2, 0.25) is 0 Å². The number of nitrogens with one attached hydrogen (secondary N) is 2. The zero-order valence-corrected chi connectivity index (χ0v) is 23.5. The highest BCUT2D eigenvalue weighted by Gasteiger charge is 2.24. The van der Waals surface area contributed by atoms with Crippen LogP contribution in [0.15, 0.2) is 71.5 Å². The summed E-state index contributed by atoms with van der Waals surface area (Å²) < 4.78 is 17.4. The molecule has 1 saturated carbocycles. The van der Waals surface area contributed by atoms with Gasteiger partial charge in [-0.2, -0.15) is 5.21 Å². The number of aromatic nitrogens is 6. The third-order valence-electron chi connectivity index (χ3n) is 7.48. The lowest BCUT2D eigenvalue weighted by molar-refractivity contribution is -0.0914. The van der Waals surface area contributed by atoms with Crippen LogP contribution in [0, 0.1) is 0 Å². The van der Waals surface area contributed by atoms with Crippen LogP contribution in [0.3, 0.4) is 0 Å². The van der Waals surface area contributed by atoms with E-state index in [4.69, 9.17) is 14.2 Å². The number of rotatable bonds is 8. The maximum absolute atomic E-state index is 13.2. The molecule has 12 heteroatoms. The Labute approximate surface area is 246 Å². The number of ether oxygens (including phenoxy) is 3. The van der Waals surface area contributed by atoms with Crippen molar-refractivity contribution < 1.29 is 23.8 Å². The van der Waals surface area contributed by atoms with Crippen molar-refractivity contribution in [2.24, 2.45) is 0 Å². The molecule has 0 saturated heterocycles. The van der Waals surface area contributed by atoms with Crippen molar-refractivity contribution >= 4 is 23.2 Å². The van der Waals surface area contributed by atoms with Crippen molar-refractivity contribution in [3.63, 3.8) is 0 Å². The molecule has 12 nitrogen and oxygen atoms in total. The van der Waals surface area contributed by atoms with E-state index in [0.29, 0.717) is 16.9 Å². The van der Waals surface area contributed by atoms with Gasteiger partial charge < -0.3 is 19.2 Å². The molecular formula is C31H30N6O6. The Morgan fingerprint density at radius 3 is 2.47 bits per heavy atom. The van der Waals surface area contributed by atoms with Crippen LogP contribution in [-0.4, -0.2) is 54.7 Å². The molecular weight excluding hydrogens is 552 g/mol. The third kappa shape index (κ3) is 6.17. The van der Waals surface area contributed by atoms with Gasteiger partial charge >= 0.3 is 17.8 Å². The number of para-hydroxylation sites is 1. The molecule has 0 spiro atoms. The lowest BCUT2D eigenvalue weighted by atomic mass is 9.98. The van der Waals surface area contributed by atoms with Crippen molar-refractivity contribution in [2.45, 2.75) is 58.0 Å². The maximum atomic E-state index is 13.2. The highest BCUT2D eigenvalue weighted by Crippen LogP contribution is 2.30. The third-order valence-corrected chi connectivity index (χ3v) is 7.48. The summed E-state index contributed by atoms with van der Waals surface area (Å²) >= 11 is 0. The largest absolute Gasteiger partial charge is 0.511 e. The number of esters is 1. The van der Waals surface area contributed by atoms with E-state index in [1.54, 1.807) is 18.2 Å². The number of benzene rings is 3. The first-order valence-corrected chi connectivity index (χ1v) is 14.2. The fourth-order valence-corrected chi connectivity index (χ4v) is 5.43. The molecule has 2 aromatic heterocycles. The zero-order valence-electron chi connectivity index (χ0n) is 23.5. The van der Waals surface area contributed by atoms with Gasteiger partial charge in [-0.1, -0.05) is 61.0 Å². The first-order valence-electron chi connectivity index (χ1n) is 14.2. The molecule has 0 amide bonds. The van der Waals surface area contributed by atoms with Gasteiger partial charge in [-0.15, -0.1) is 10.2 Å². The topological polar surface area (TPSA) is 154 Å². The number of nitrogens with zero attached hydrogens (tertiary/aromatic N) is 4. The quantitative estimate of drug-likeness (QED) is 0.185.